The van der Waals surface area contributed by atoms with Gasteiger partial charge in [-0.3, -0.25) is 0 Å². The second-order valence-corrected chi connectivity index (χ2v) is 5.38. The Morgan fingerprint density at radius 3 is 2.41 bits per heavy atom. The molecule has 0 aliphatic carbocycles. The summed E-state index contributed by atoms with van der Waals surface area (Å²) in [4.78, 5) is 0. The first-order chi connectivity index (χ1) is 10.7. The summed E-state index contributed by atoms with van der Waals surface area (Å²) in [7, 11) is 0. The summed E-state index contributed by atoms with van der Waals surface area (Å²) in [6.45, 7) is 7.69. The predicted molar refractivity (Wildman–Crippen MR) is 88.4 cm³/mol. The lowest BCUT2D eigenvalue weighted by molar-refractivity contribution is 0.0216. The van der Waals surface area contributed by atoms with Crippen molar-refractivity contribution in [3.8, 4) is 11.5 Å². The Morgan fingerprint density at radius 2 is 1.73 bits per heavy atom. The van der Waals surface area contributed by atoms with Gasteiger partial charge in [-0.05, 0) is 30.0 Å². The van der Waals surface area contributed by atoms with E-state index in [1.54, 1.807) is 0 Å². The van der Waals surface area contributed by atoms with E-state index in [0.717, 1.165) is 22.6 Å². The van der Waals surface area contributed by atoms with Crippen molar-refractivity contribution in [1.29, 1.82) is 0 Å². The molecule has 0 unspecified atom stereocenters. The summed E-state index contributed by atoms with van der Waals surface area (Å²) < 4.78 is 16.9. The van der Waals surface area contributed by atoms with Crippen LogP contribution in [-0.4, -0.2) is 13.4 Å². The first kappa shape index (κ1) is 16.4. The lowest BCUT2D eigenvalue weighted by Crippen LogP contribution is -2.05. The monoisotopic (exact) mass is 300 g/mol. The second-order valence-electron chi connectivity index (χ2n) is 5.38. The van der Waals surface area contributed by atoms with Gasteiger partial charge >= 0.3 is 0 Å². The molecule has 0 aliphatic heterocycles. The van der Waals surface area contributed by atoms with E-state index in [0.29, 0.717) is 19.1 Å². The fourth-order valence-corrected chi connectivity index (χ4v) is 2.14. The molecule has 0 heterocycles. The van der Waals surface area contributed by atoms with Gasteiger partial charge in [0.05, 0.1) is 0 Å². The molecule has 2 rings (SSSR count). The van der Waals surface area contributed by atoms with Crippen molar-refractivity contribution in [2.24, 2.45) is 0 Å². The van der Waals surface area contributed by atoms with Crippen LogP contribution < -0.4 is 9.47 Å². The van der Waals surface area contributed by atoms with E-state index in [1.807, 2.05) is 37.3 Å². The molecule has 22 heavy (non-hydrogen) atoms. The highest BCUT2D eigenvalue weighted by molar-refractivity contribution is 5.42. The minimum Gasteiger partial charge on any atom is -0.489 e. The Balaban J connectivity index is 2.06. The maximum Gasteiger partial charge on any atom is 0.189 e. The molecule has 118 valence electrons. The molecule has 0 bridgehead atoms. The highest BCUT2D eigenvalue weighted by Crippen LogP contribution is 2.31. The lowest BCUT2D eigenvalue weighted by Gasteiger charge is -2.16. The zero-order valence-electron chi connectivity index (χ0n) is 13.5. The van der Waals surface area contributed by atoms with Gasteiger partial charge in [0, 0.05) is 12.7 Å². The Labute approximate surface area is 132 Å². The molecule has 0 aliphatic rings. The van der Waals surface area contributed by atoms with Crippen LogP contribution in [0.5, 0.6) is 11.5 Å². The number of benzene rings is 2. The van der Waals surface area contributed by atoms with Crippen LogP contribution in [0.1, 0.15) is 37.8 Å². The maximum absolute atomic E-state index is 5.85. The molecule has 0 amide bonds. The Bertz CT molecular complexity index is 564. The fraction of sp³-hybridized carbons (Fsp3) is 0.368. The molecule has 0 radical (unpaired) electrons. The zero-order valence-corrected chi connectivity index (χ0v) is 13.5. The first-order valence-corrected chi connectivity index (χ1v) is 7.72. The number of rotatable bonds is 8. The molecule has 2 aromatic carbocycles. The summed E-state index contributed by atoms with van der Waals surface area (Å²) in [5.74, 6) is 2.02. The van der Waals surface area contributed by atoms with E-state index in [-0.39, 0.29) is 6.79 Å². The largest absolute Gasteiger partial charge is 0.489 e. The van der Waals surface area contributed by atoms with Gasteiger partial charge in [0.2, 0.25) is 0 Å². The van der Waals surface area contributed by atoms with Gasteiger partial charge in [0.25, 0.3) is 0 Å². The van der Waals surface area contributed by atoms with Crippen molar-refractivity contribution in [2.75, 3.05) is 13.4 Å². The van der Waals surface area contributed by atoms with E-state index in [4.69, 9.17) is 14.2 Å². The van der Waals surface area contributed by atoms with Gasteiger partial charge in [0.1, 0.15) is 18.1 Å². The van der Waals surface area contributed by atoms with Crippen LogP contribution in [0.15, 0.2) is 48.5 Å². The average Bonchev–Trinajstić information content (AvgIpc) is 2.54. The third kappa shape index (κ3) is 4.78. The summed E-state index contributed by atoms with van der Waals surface area (Å²) in [6, 6.07) is 16.1. The van der Waals surface area contributed by atoms with Crippen molar-refractivity contribution in [2.45, 2.75) is 33.3 Å². The van der Waals surface area contributed by atoms with Crippen molar-refractivity contribution in [3.05, 3.63) is 59.7 Å². The molecule has 2 aromatic rings. The molecule has 3 nitrogen and oxygen atoms in total. The third-order valence-corrected chi connectivity index (χ3v) is 3.36. The minimum atomic E-state index is 0.262. The first-order valence-electron chi connectivity index (χ1n) is 7.72. The van der Waals surface area contributed by atoms with Crippen LogP contribution in [0.25, 0.3) is 0 Å². The second kappa shape index (κ2) is 8.44. The molecule has 3 heteroatoms. The van der Waals surface area contributed by atoms with E-state index in [9.17, 15) is 0 Å². The van der Waals surface area contributed by atoms with E-state index < -0.39 is 0 Å². The molecule has 0 N–H and O–H groups in total. The number of hydrogen-bond donors (Lipinski definition) is 0. The smallest absolute Gasteiger partial charge is 0.189 e. The summed E-state index contributed by atoms with van der Waals surface area (Å²) in [5, 5.41) is 0. The van der Waals surface area contributed by atoms with E-state index >= 15 is 0 Å². The van der Waals surface area contributed by atoms with E-state index in [2.05, 4.69) is 32.0 Å². The SMILES string of the molecule is CCOCOc1cc(OCc2ccccc2)ccc1C(C)C. The lowest BCUT2D eigenvalue weighted by atomic mass is 10.0. The Kier molecular flexibility index (Phi) is 6.28. The van der Waals surface area contributed by atoms with Crippen molar-refractivity contribution < 1.29 is 14.2 Å². The fourth-order valence-electron chi connectivity index (χ4n) is 2.14. The summed E-state index contributed by atoms with van der Waals surface area (Å²) in [5.41, 5.74) is 2.30. The number of hydrogen-bond acceptors (Lipinski definition) is 3. The average molecular weight is 300 g/mol. The Morgan fingerprint density at radius 1 is 0.955 bits per heavy atom. The normalized spacial score (nSPS) is 10.7. The topological polar surface area (TPSA) is 27.7 Å². The summed E-state index contributed by atoms with van der Waals surface area (Å²) in [6.07, 6.45) is 0. The van der Waals surface area contributed by atoms with Gasteiger partial charge in [-0.25, -0.2) is 0 Å². The predicted octanol–water partition coefficient (Wildman–Crippen LogP) is 4.76. The standard InChI is InChI=1S/C19H24O3/c1-4-20-14-22-19-12-17(10-11-18(19)15(2)3)21-13-16-8-6-5-7-9-16/h5-12,15H,4,13-14H2,1-3H3. The van der Waals surface area contributed by atoms with Crippen LogP contribution >= 0.6 is 0 Å². The quantitative estimate of drug-likeness (QED) is 0.519. The van der Waals surface area contributed by atoms with Crippen LogP contribution in [0.2, 0.25) is 0 Å². The van der Waals surface area contributed by atoms with Gasteiger partial charge < -0.3 is 14.2 Å². The van der Waals surface area contributed by atoms with Crippen molar-refractivity contribution >= 4 is 0 Å². The van der Waals surface area contributed by atoms with Crippen LogP contribution in [0.4, 0.5) is 0 Å². The minimum absolute atomic E-state index is 0.262. The van der Waals surface area contributed by atoms with Gasteiger partial charge in [-0.2, -0.15) is 0 Å². The van der Waals surface area contributed by atoms with Crippen molar-refractivity contribution in [1.82, 2.24) is 0 Å². The summed E-state index contributed by atoms with van der Waals surface area (Å²) >= 11 is 0. The Hall–Kier alpha value is -2.00. The molecular formula is C19H24O3. The molecule has 0 spiro atoms. The highest BCUT2D eigenvalue weighted by atomic mass is 16.7. The van der Waals surface area contributed by atoms with Crippen LogP contribution in [-0.2, 0) is 11.3 Å². The van der Waals surface area contributed by atoms with Crippen molar-refractivity contribution in [3.63, 3.8) is 0 Å². The van der Waals surface area contributed by atoms with Crippen LogP contribution in [0.3, 0.4) is 0 Å². The van der Waals surface area contributed by atoms with Gasteiger partial charge in [0.15, 0.2) is 6.79 Å². The molecular weight excluding hydrogens is 276 g/mol. The molecule has 0 fully saturated rings. The van der Waals surface area contributed by atoms with Gasteiger partial charge in [-0.1, -0.05) is 50.2 Å². The highest BCUT2D eigenvalue weighted by Gasteiger charge is 2.10. The molecule has 0 atom stereocenters. The number of ether oxygens (including phenoxy) is 3. The maximum atomic E-state index is 5.85. The zero-order chi connectivity index (χ0) is 15.8. The van der Waals surface area contributed by atoms with E-state index in [1.165, 1.54) is 0 Å². The molecule has 0 saturated heterocycles. The third-order valence-electron chi connectivity index (χ3n) is 3.36. The molecule has 0 saturated carbocycles. The van der Waals surface area contributed by atoms with Gasteiger partial charge in [-0.15, -0.1) is 0 Å². The van der Waals surface area contributed by atoms with Crippen LogP contribution in [0, 0.1) is 0 Å². The molecule has 0 aromatic heterocycles.